The maximum atomic E-state index is 13.9. The number of anilines is 2. The first-order valence-electron chi connectivity index (χ1n) is 10.0. The smallest absolute Gasteiger partial charge is 0.258 e. The number of halogens is 1. The number of nitrogens with zero attached hydrogens (tertiary/aromatic N) is 2. The Bertz CT molecular complexity index is 1270. The predicted octanol–water partition coefficient (Wildman–Crippen LogP) is 1.53. The van der Waals surface area contributed by atoms with Gasteiger partial charge in [0, 0.05) is 48.7 Å². The molecular weight excluding hydrogens is 437 g/mol. The molecule has 0 spiro atoms. The molecule has 0 aliphatic carbocycles. The van der Waals surface area contributed by atoms with Crippen molar-refractivity contribution < 1.29 is 22.4 Å². The Kier molecular flexibility index (Phi) is 5.16. The summed E-state index contributed by atoms with van der Waals surface area (Å²) in [5.41, 5.74) is 3.02. The second-order valence-corrected chi connectivity index (χ2v) is 9.43. The molecule has 0 bridgehead atoms. The molecule has 3 heterocycles. The second-order valence-electron chi connectivity index (χ2n) is 7.51. The molecule has 5 rings (SSSR count). The third-order valence-electron chi connectivity index (χ3n) is 5.48. The van der Waals surface area contributed by atoms with Crippen LogP contribution in [0.4, 0.5) is 15.8 Å². The number of para-hydroxylation sites is 1. The lowest BCUT2D eigenvalue weighted by molar-refractivity contribution is -0.110. The topological polar surface area (TPSA) is 112 Å². The van der Waals surface area contributed by atoms with Crippen LogP contribution in [0.15, 0.2) is 53.3 Å². The van der Waals surface area contributed by atoms with Gasteiger partial charge in [-0.2, -0.15) is 4.31 Å². The maximum Gasteiger partial charge on any atom is 0.258 e. The number of benzene rings is 2. The molecule has 11 heteroatoms. The van der Waals surface area contributed by atoms with E-state index in [-0.39, 0.29) is 11.3 Å². The molecule has 3 aliphatic heterocycles. The number of piperazine rings is 1. The summed E-state index contributed by atoms with van der Waals surface area (Å²) in [5.74, 6) is -1.52. The Hall–Kier alpha value is -3.28. The van der Waals surface area contributed by atoms with Gasteiger partial charge in [-0.3, -0.25) is 4.79 Å². The summed E-state index contributed by atoms with van der Waals surface area (Å²) in [6, 6.07) is 11.2. The van der Waals surface area contributed by atoms with E-state index in [1.807, 2.05) is 6.07 Å². The van der Waals surface area contributed by atoms with Gasteiger partial charge in [-0.05, 0) is 24.3 Å². The van der Waals surface area contributed by atoms with Gasteiger partial charge in [0.1, 0.15) is 11.5 Å². The normalized spacial score (nSPS) is 21.8. The number of hydrogen-bond acceptors (Lipinski definition) is 7. The molecule has 9 nitrogen and oxygen atoms in total. The van der Waals surface area contributed by atoms with Crippen molar-refractivity contribution in [1.82, 2.24) is 9.62 Å². The minimum absolute atomic E-state index is 0.211. The van der Waals surface area contributed by atoms with Crippen LogP contribution >= 0.6 is 0 Å². The molecule has 3 N–H and O–H groups in total. The molecule has 0 unspecified atom stereocenters. The first-order valence-corrected chi connectivity index (χ1v) is 11.7. The fourth-order valence-electron chi connectivity index (χ4n) is 3.95. The number of amides is 1. The van der Waals surface area contributed by atoms with Crippen LogP contribution in [0.5, 0.6) is 0 Å². The van der Waals surface area contributed by atoms with Crippen molar-refractivity contribution in [3.05, 3.63) is 65.1 Å². The van der Waals surface area contributed by atoms with Crippen molar-refractivity contribution in [2.75, 3.05) is 42.8 Å². The monoisotopic (exact) mass is 457 g/mol. The molecule has 1 amide bonds. The highest BCUT2D eigenvalue weighted by Gasteiger charge is 2.34. The first kappa shape index (κ1) is 20.6. The van der Waals surface area contributed by atoms with Crippen molar-refractivity contribution >= 4 is 38.6 Å². The van der Waals surface area contributed by atoms with Crippen LogP contribution in [0.2, 0.25) is 0 Å². The predicted molar refractivity (Wildman–Crippen MR) is 118 cm³/mol. The minimum Gasteiger partial charge on any atom is -0.377 e. The van der Waals surface area contributed by atoms with Crippen LogP contribution in [-0.4, -0.2) is 56.5 Å². The maximum absolute atomic E-state index is 13.9. The lowest BCUT2D eigenvalue weighted by Gasteiger charge is -2.25. The summed E-state index contributed by atoms with van der Waals surface area (Å²) in [6.07, 6.45) is 0. The average Bonchev–Trinajstić information content (AvgIpc) is 3.30. The molecule has 0 saturated carbocycles. The van der Waals surface area contributed by atoms with Gasteiger partial charge >= 0.3 is 0 Å². The zero-order valence-electron chi connectivity index (χ0n) is 16.9. The second kappa shape index (κ2) is 8.01. The molecule has 2 aromatic rings. The largest absolute Gasteiger partial charge is 0.377 e. The summed E-state index contributed by atoms with van der Waals surface area (Å²) in [5, 5.41) is 13.1. The van der Waals surface area contributed by atoms with Crippen LogP contribution < -0.4 is 16.0 Å². The van der Waals surface area contributed by atoms with E-state index in [9.17, 15) is 17.6 Å². The van der Waals surface area contributed by atoms with E-state index in [0.29, 0.717) is 54.4 Å². The van der Waals surface area contributed by atoms with Gasteiger partial charge in [0.2, 0.25) is 5.94 Å². The molecular formula is C21H20FN5O4S. The lowest BCUT2D eigenvalue weighted by atomic mass is 10.0. The molecule has 1 saturated heterocycles. The number of carbonyl (C=O) groups is 1. The fourth-order valence-corrected chi connectivity index (χ4v) is 5.02. The number of fused-ring (bicyclic) bond motifs is 2. The van der Waals surface area contributed by atoms with Crippen molar-refractivity contribution in [2.24, 2.45) is 5.16 Å². The van der Waals surface area contributed by atoms with Gasteiger partial charge in [0.05, 0.1) is 11.3 Å². The van der Waals surface area contributed by atoms with E-state index in [1.54, 1.807) is 18.2 Å². The Labute approximate surface area is 184 Å². The number of carbonyl (C=O) groups excluding carboxylic acids is 1. The van der Waals surface area contributed by atoms with E-state index in [0.717, 1.165) is 0 Å². The molecule has 2 aromatic carbocycles. The van der Waals surface area contributed by atoms with Gasteiger partial charge in [0.25, 0.3) is 15.9 Å². The van der Waals surface area contributed by atoms with E-state index in [4.69, 9.17) is 4.84 Å². The van der Waals surface area contributed by atoms with Crippen LogP contribution in [0.25, 0.3) is 5.57 Å². The molecule has 32 heavy (non-hydrogen) atoms. The van der Waals surface area contributed by atoms with E-state index < -0.39 is 27.7 Å². The number of hydrogen-bond donors (Lipinski definition) is 3. The molecule has 166 valence electrons. The Morgan fingerprint density at radius 3 is 2.59 bits per heavy atom. The van der Waals surface area contributed by atoms with E-state index >= 15 is 0 Å². The summed E-state index contributed by atoms with van der Waals surface area (Å²) in [4.78, 5) is 18.0. The van der Waals surface area contributed by atoms with Crippen molar-refractivity contribution in [1.29, 1.82) is 0 Å². The fraction of sp³-hybridized carbons (Fsp3) is 0.238. The quantitative estimate of drug-likeness (QED) is 0.474. The molecule has 3 aliphatic rings. The molecule has 0 atom stereocenters. The van der Waals surface area contributed by atoms with Gasteiger partial charge in [-0.1, -0.05) is 23.4 Å². The Balaban J connectivity index is 1.51. The third-order valence-corrected chi connectivity index (χ3v) is 7.04. The van der Waals surface area contributed by atoms with Crippen LogP contribution in [0, 0.1) is 5.82 Å². The SMILES string of the molecule is O=C1Nc2ccc(F)cc2/C1=C1/Nc2ccccc2/C1=N\OCS(=O)(=O)N1CCNCC1. The highest BCUT2D eigenvalue weighted by Crippen LogP contribution is 2.39. The van der Waals surface area contributed by atoms with Gasteiger partial charge in [0.15, 0.2) is 0 Å². The number of oxime groups is 1. The van der Waals surface area contributed by atoms with Crippen molar-refractivity contribution in [3.63, 3.8) is 0 Å². The standard InChI is InChI=1S/C21H20FN5O4S/c22-13-5-6-17-15(11-13)18(21(28)25-17)20-19(14-3-1-2-4-16(14)24-20)26-31-12-32(29,30)27-9-7-23-8-10-27/h1-6,11,23-24H,7-10,12H2,(H,25,28)/b20-18-,26-19+. The Morgan fingerprint density at radius 1 is 1.03 bits per heavy atom. The number of rotatable bonds is 4. The van der Waals surface area contributed by atoms with Gasteiger partial charge < -0.3 is 20.8 Å². The van der Waals surface area contributed by atoms with E-state index in [1.165, 1.54) is 22.5 Å². The summed E-state index contributed by atoms with van der Waals surface area (Å²) in [7, 11) is -3.66. The summed E-state index contributed by atoms with van der Waals surface area (Å²) in [6.45, 7) is 1.88. The van der Waals surface area contributed by atoms with E-state index in [2.05, 4.69) is 21.1 Å². The highest BCUT2D eigenvalue weighted by atomic mass is 32.2. The third kappa shape index (κ3) is 3.64. The average molecular weight is 457 g/mol. The number of nitrogens with one attached hydrogen (secondary N) is 3. The number of sulfonamides is 1. The summed E-state index contributed by atoms with van der Waals surface area (Å²) < 4.78 is 40.4. The highest BCUT2D eigenvalue weighted by molar-refractivity contribution is 7.88. The summed E-state index contributed by atoms with van der Waals surface area (Å²) >= 11 is 0. The van der Waals surface area contributed by atoms with Crippen molar-refractivity contribution in [3.8, 4) is 0 Å². The number of allylic oxidation sites excluding steroid dienone is 1. The molecule has 1 fully saturated rings. The first-order chi connectivity index (χ1) is 15.4. The van der Waals surface area contributed by atoms with Crippen LogP contribution in [0.1, 0.15) is 11.1 Å². The Morgan fingerprint density at radius 2 is 1.78 bits per heavy atom. The minimum atomic E-state index is -3.66. The zero-order chi connectivity index (χ0) is 22.3. The van der Waals surface area contributed by atoms with Gasteiger partial charge in [-0.25, -0.2) is 12.8 Å². The zero-order valence-corrected chi connectivity index (χ0v) is 17.7. The lowest BCUT2D eigenvalue weighted by Crippen LogP contribution is -2.47. The van der Waals surface area contributed by atoms with Crippen LogP contribution in [0.3, 0.4) is 0 Å². The molecule has 0 radical (unpaired) electrons. The van der Waals surface area contributed by atoms with Crippen LogP contribution in [-0.2, 0) is 19.7 Å². The van der Waals surface area contributed by atoms with Gasteiger partial charge in [-0.15, -0.1) is 0 Å². The molecule has 0 aromatic heterocycles. The van der Waals surface area contributed by atoms with Crippen molar-refractivity contribution in [2.45, 2.75) is 0 Å².